The van der Waals surface area contributed by atoms with Gasteiger partial charge in [0.2, 0.25) is 5.96 Å². The molecule has 0 N–H and O–H groups in total. The largest absolute Gasteiger partial charge is 0.296 e. The summed E-state index contributed by atoms with van der Waals surface area (Å²) in [7, 11) is -1.78. The molecule has 0 radical (unpaired) electrons. The van der Waals surface area contributed by atoms with Crippen LogP contribution in [-0.4, -0.2) is 38.7 Å². The maximum Gasteiger partial charge on any atom is 0.271 e. The lowest BCUT2D eigenvalue weighted by Gasteiger charge is -2.41. The van der Waals surface area contributed by atoms with E-state index in [-0.39, 0.29) is 4.90 Å². The molecule has 2 aliphatic heterocycles. The number of anilines is 2. The van der Waals surface area contributed by atoms with Crippen molar-refractivity contribution < 1.29 is 8.42 Å². The molecule has 0 aromatic heterocycles. The van der Waals surface area contributed by atoms with Crippen LogP contribution in [0.15, 0.2) is 58.4 Å². The van der Waals surface area contributed by atoms with Gasteiger partial charge in [0.15, 0.2) is 0 Å². The molecule has 2 heterocycles. The molecule has 0 bridgehead atoms. The zero-order valence-electron chi connectivity index (χ0n) is 15.3. The van der Waals surface area contributed by atoms with E-state index in [4.69, 9.17) is 4.99 Å². The molecule has 0 atom stereocenters. The summed E-state index contributed by atoms with van der Waals surface area (Å²) in [6, 6.07) is 14.5. The molecule has 0 spiro atoms. The fraction of sp³-hybridized carbons (Fsp3) is 0.316. The number of hydrogen-bond acceptors (Lipinski definition) is 5. The molecule has 0 saturated heterocycles. The highest BCUT2D eigenvalue weighted by Gasteiger charge is 2.45. The molecule has 6 nitrogen and oxygen atoms in total. The van der Waals surface area contributed by atoms with Crippen LogP contribution >= 0.6 is 0 Å². The van der Waals surface area contributed by atoms with Gasteiger partial charge in [0, 0.05) is 0 Å². The second kappa shape index (κ2) is 5.56. The van der Waals surface area contributed by atoms with Crippen LogP contribution < -0.4 is 9.21 Å². The van der Waals surface area contributed by atoms with Gasteiger partial charge in [-0.05, 0) is 52.1 Å². The molecule has 0 amide bonds. The lowest BCUT2D eigenvalue weighted by atomic mass is 10.2. The number of aryl methyl sites for hydroxylation is 1. The third kappa shape index (κ3) is 2.42. The van der Waals surface area contributed by atoms with E-state index in [9.17, 15) is 8.42 Å². The fourth-order valence-corrected chi connectivity index (χ4v) is 4.66. The standard InChI is InChI=1S/C19H22N4O2S/c1-14-9-11-15(12-10-14)26(24,25)23-17-8-6-5-7-16(17)22-13-21(4)19(2,3)20-18(22)23/h5-12H,13H2,1-4H3. The monoisotopic (exact) mass is 370 g/mol. The number of fused-ring (bicyclic) bond motifs is 3. The average molecular weight is 370 g/mol. The maximum absolute atomic E-state index is 13.5. The van der Waals surface area contributed by atoms with Gasteiger partial charge >= 0.3 is 0 Å². The molecule has 0 unspecified atom stereocenters. The maximum atomic E-state index is 13.5. The van der Waals surface area contributed by atoms with E-state index in [0.29, 0.717) is 18.3 Å². The lowest BCUT2D eigenvalue weighted by molar-refractivity contribution is 0.160. The molecular formula is C19H22N4O2S. The van der Waals surface area contributed by atoms with E-state index in [1.165, 1.54) is 4.31 Å². The molecule has 4 rings (SSSR count). The Hall–Kier alpha value is -2.38. The van der Waals surface area contributed by atoms with E-state index >= 15 is 0 Å². The second-order valence-electron chi connectivity index (χ2n) is 7.24. The van der Waals surface area contributed by atoms with Crippen LogP contribution in [0.1, 0.15) is 19.4 Å². The average Bonchev–Trinajstić information content (AvgIpc) is 2.89. The minimum absolute atomic E-state index is 0.263. The van der Waals surface area contributed by atoms with Crippen molar-refractivity contribution >= 4 is 27.4 Å². The number of hydrogen-bond donors (Lipinski definition) is 0. The Morgan fingerprint density at radius 3 is 2.27 bits per heavy atom. The van der Waals surface area contributed by atoms with Crippen molar-refractivity contribution in [1.82, 2.24) is 4.90 Å². The van der Waals surface area contributed by atoms with Gasteiger partial charge in [-0.1, -0.05) is 29.8 Å². The molecular weight excluding hydrogens is 348 g/mol. The Morgan fingerprint density at radius 1 is 1.00 bits per heavy atom. The number of nitrogens with zero attached hydrogens (tertiary/aromatic N) is 4. The summed E-state index contributed by atoms with van der Waals surface area (Å²) >= 11 is 0. The predicted octanol–water partition coefficient (Wildman–Crippen LogP) is 3.01. The summed E-state index contributed by atoms with van der Waals surface area (Å²) in [6.07, 6.45) is 0. The van der Waals surface area contributed by atoms with Gasteiger partial charge in [-0.15, -0.1) is 0 Å². The van der Waals surface area contributed by atoms with Crippen molar-refractivity contribution in [1.29, 1.82) is 0 Å². The van der Waals surface area contributed by atoms with Gasteiger partial charge in [-0.3, -0.25) is 9.80 Å². The smallest absolute Gasteiger partial charge is 0.271 e. The van der Waals surface area contributed by atoms with Crippen LogP contribution in [0, 0.1) is 6.92 Å². The normalized spacial score (nSPS) is 19.2. The van der Waals surface area contributed by atoms with Crippen molar-refractivity contribution in [3.63, 3.8) is 0 Å². The first kappa shape index (κ1) is 17.1. The molecule has 7 heteroatoms. The van der Waals surface area contributed by atoms with Gasteiger partial charge in [0.05, 0.1) is 22.9 Å². The van der Waals surface area contributed by atoms with Crippen molar-refractivity contribution in [3.8, 4) is 0 Å². The van der Waals surface area contributed by atoms with Gasteiger partial charge < -0.3 is 0 Å². The highest BCUT2D eigenvalue weighted by atomic mass is 32.2. The molecule has 0 saturated carbocycles. The molecule has 26 heavy (non-hydrogen) atoms. The Morgan fingerprint density at radius 2 is 1.62 bits per heavy atom. The number of sulfonamides is 1. The first-order valence-electron chi connectivity index (χ1n) is 8.51. The second-order valence-corrected chi connectivity index (χ2v) is 9.03. The number of benzene rings is 2. The zero-order valence-corrected chi connectivity index (χ0v) is 16.2. The highest BCUT2D eigenvalue weighted by Crippen LogP contribution is 2.43. The SMILES string of the molecule is Cc1ccc(S(=O)(=O)N2C3=NC(C)(C)N(C)CN3c3ccccc32)cc1. The van der Waals surface area contributed by atoms with E-state index in [1.807, 2.05) is 69.1 Å². The van der Waals surface area contributed by atoms with Crippen molar-refractivity contribution in [2.24, 2.45) is 4.99 Å². The van der Waals surface area contributed by atoms with Crippen LogP contribution in [0.25, 0.3) is 0 Å². The topological polar surface area (TPSA) is 56.2 Å². The van der Waals surface area contributed by atoms with Crippen LogP contribution in [0.4, 0.5) is 11.4 Å². The Balaban J connectivity index is 1.93. The number of aliphatic imine (C=N–C) groups is 1. The summed E-state index contributed by atoms with van der Waals surface area (Å²) in [5, 5.41) is 0. The molecule has 2 aromatic rings. The zero-order chi connectivity index (χ0) is 18.7. The van der Waals surface area contributed by atoms with E-state index < -0.39 is 15.7 Å². The third-order valence-electron chi connectivity index (χ3n) is 5.03. The van der Waals surface area contributed by atoms with Gasteiger partial charge in [-0.2, -0.15) is 0 Å². The first-order valence-corrected chi connectivity index (χ1v) is 9.95. The molecule has 2 aliphatic rings. The van der Waals surface area contributed by atoms with Gasteiger partial charge in [-0.25, -0.2) is 17.7 Å². The minimum Gasteiger partial charge on any atom is -0.296 e. The van der Waals surface area contributed by atoms with Crippen molar-refractivity contribution in [2.75, 3.05) is 22.9 Å². The van der Waals surface area contributed by atoms with Crippen LogP contribution in [0.5, 0.6) is 0 Å². The highest BCUT2D eigenvalue weighted by molar-refractivity contribution is 7.93. The molecule has 136 valence electrons. The predicted molar refractivity (Wildman–Crippen MR) is 104 cm³/mol. The summed E-state index contributed by atoms with van der Waals surface area (Å²) in [6.45, 7) is 6.48. The lowest BCUT2D eigenvalue weighted by Crippen LogP contribution is -2.56. The number of para-hydroxylation sites is 2. The Labute approximate surface area is 154 Å². The summed E-state index contributed by atoms with van der Waals surface area (Å²) < 4.78 is 28.3. The van der Waals surface area contributed by atoms with E-state index in [2.05, 4.69) is 4.90 Å². The van der Waals surface area contributed by atoms with E-state index in [1.54, 1.807) is 12.1 Å². The molecule has 2 aromatic carbocycles. The minimum atomic E-state index is -3.76. The van der Waals surface area contributed by atoms with Crippen LogP contribution in [0.3, 0.4) is 0 Å². The molecule has 0 aliphatic carbocycles. The summed E-state index contributed by atoms with van der Waals surface area (Å²) in [5.41, 5.74) is 2.02. The summed E-state index contributed by atoms with van der Waals surface area (Å²) in [5.74, 6) is 0.454. The van der Waals surface area contributed by atoms with Gasteiger partial charge in [0.25, 0.3) is 10.0 Å². The van der Waals surface area contributed by atoms with E-state index in [0.717, 1.165) is 11.3 Å². The quantitative estimate of drug-likeness (QED) is 0.815. The number of rotatable bonds is 2. The van der Waals surface area contributed by atoms with Crippen molar-refractivity contribution in [2.45, 2.75) is 31.3 Å². The molecule has 0 fully saturated rings. The summed E-state index contributed by atoms with van der Waals surface area (Å²) in [4.78, 5) is 9.08. The fourth-order valence-electron chi connectivity index (χ4n) is 3.20. The van der Waals surface area contributed by atoms with Gasteiger partial charge in [0.1, 0.15) is 5.66 Å². The number of guanidine groups is 1. The third-order valence-corrected chi connectivity index (χ3v) is 6.74. The van der Waals surface area contributed by atoms with Crippen LogP contribution in [0.2, 0.25) is 0 Å². The Kier molecular flexibility index (Phi) is 3.65. The van der Waals surface area contributed by atoms with Crippen molar-refractivity contribution in [3.05, 3.63) is 54.1 Å². The first-order chi connectivity index (χ1) is 12.2. The van der Waals surface area contributed by atoms with Crippen LogP contribution in [-0.2, 0) is 10.0 Å². The Bertz CT molecular complexity index is 996.